The molecule has 0 aromatic heterocycles. The van der Waals surface area contributed by atoms with Crippen molar-refractivity contribution < 1.29 is 24.3 Å². The fourth-order valence-electron chi connectivity index (χ4n) is 1.85. The first-order valence-corrected chi connectivity index (χ1v) is 9.03. The summed E-state index contributed by atoms with van der Waals surface area (Å²) in [5, 5.41) is 12.1. The summed E-state index contributed by atoms with van der Waals surface area (Å²) in [7, 11) is -5.78. The van der Waals surface area contributed by atoms with Crippen molar-refractivity contribution >= 4 is 38.3 Å². The van der Waals surface area contributed by atoms with E-state index in [0.717, 1.165) is 0 Å². The predicted octanol–water partition coefficient (Wildman–Crippen LogP) is 1.42. The topological polar surface area (TPSA) is 133 Å². The molecule has 0 saturated carbocycles. The van der Waals surface area contributed by atoms with Crippen LogP contribution in [0.3, 0.4) is 0 Å². The van der Waals surface area contributed by atoms with E-state index in [9.17, 15) is 19.1 Å². The van der Waals surface area contributed by atoms with Gasteiger partial charge in [0.05, 0.1) is 16.3 Å². The minimum Gasteiger partial charge on any atom is -0.478 e. The number of nitrogen functional groups attached to an aromatic ring is 1. The second-order valence-electron chi connectivity index (χ2n) is 4.33. The molecule has 7 nitrogen and oxygen atoms in total. The number of carbonyl (C=O) groups is 1. The molecule has 0 bridgehead atoms. The van der Waals surface area contributed by atoms with Crippen molar-refractivity contribution in [3.05, 3.63) is 41.7 Å². The molecule has 0 radical (unpaired) electrons. The van der Waals surface area contributed by atoms with E-state index in [1.807, 2.05) is 0 Å². The maximum Gasteiger partial charge on any atom is 0.358 e. The number of nitrogens with two attached hydrogens (primary N) is 1. The largest absolute Gasteiger partial charge is 0.478 e. The molecule has 1 atom stereocenters. The van der Waals surface area contributed by atoms with Crippen LogP contribution in [0.5, 0.6) is 0 Å². The Kier molecular flexibility index (Phi) is 4.49. The maximum atomic E-state index is 11.5. The van der Waals surface area contributed by atoms with E-state index in [4.69, 9.17) is 10.8 Å². The minimum atomic E-state index is -4.48. The SMILES string of the molecule is Nc1ccc(P(=O)(O)O)c(NP2CC=CC=C2C(=O)O)c1. The Balaban J connectivity index is 2.37. The Morgan fingerprint density at radius 3 is 2.71 bits per heavy atom. The molecule has 9 heteroatoms. The summed E-state index contributed by atoms with van der Waals surface area (Å²) in [6.45, 7) is 0. The molecular weight excluding hydrogens is 314 g/mol. The van der Waals surface area contributed by atoms with Crippen LogP contribution in [0.1, 0.15) is 0 Å². The number of hydrogen-bond acceptors (Lipinski definition) is 4. The molecule has 1 aromatic rings. The first-order chi connectivity index (χ1) is 9.79. The van der Waals surface area contributed by atoms with E-state index >= 15 is 0 Å². The Morgan fingerprint density at radius 1 is 1.38 bits per heavy atom. The molecule has 112 valence electrons. The van der Waals surface area contributed by atoms with Crippen molar-refractivity contribution in [1.82, 2.24) is 0 Å². The number of benzene rings is 1. The standard InChI is InChI=1S/C12H14N2O5P2/c13-8-4-5-11(21(17,18)19)9(7-8)14-20-6-2-1-3-10(20)12(15)16/h1-5,7,14H,6,13H2,(H,15,16)(H2,17,18,19). The van der Waals surface area contributed by atoms with Crippen LogP contribution in [0.2, 0.25) is 0 Å². The van der Waals surface area contributed by atoms with Crippen molar-refractivity contribution in [1.29, 1.82) is 0 Å². The molecule has 1 aliphatic rings. The highest BCUT2D eigenvalue weighted by atomic mass is 31.2. The molecule has 1 heterocycles. The van der Waals surface area contributed by atoms with Gasteiger partial charge in [0.15, 0.2) is 0 Å². The fraction of sp³-hybridized carbons (Fsp3) is 0.0833. The van der Waals surface area contributed by atoms with Gasteiger partial charge in [0, 0.05) is 19.9 Å². The zero-order valence-corrected chi connectivity index (χ0v) is 12.6. The molecule has 2 rings (SSSR count). The Bertz CT molecular complexity index is 680. The number of aliphatic carboxylic acids is 1. The van der Waals surface area contributed by atoms with Gasteiger partial charge in [0.1, 0.15) is 0 Å². The molecule has 21 heavy (non-hydrogen) atoms. The molecule has 0 aliphatic carbocycles. The van der Waals surface area contributed by atoms with Gasteiger partial charge in [-0.2, -0.15) is 0 Å². The van der Waals surface area contributed by atoms with Crippen LogP contribution in [0.25, 0.3) is 0 Å². The Labute approximate surface area is 122 Å². The van der Waals surface area contributed by atoms with Crippen LogP contribution in [0, 0.1) is 0 Å². The summed E-state index contributed by atoms with van der Waals surface area (Å²) in [6, 6.07) is 4.04. The number of nitrogens with one attached hydrogen (secondary N) is 1. The third kappa shape index (κ3) is 3.71. The average molecular weight is 328 g/mol. The van der Waals surface area contributed by atoms with Gasteiger partial charge in [0.25, 0.3) is 0 Å². The average Bonchev–Trinajstić information content (AvgIpc) is 2.37. The van der Waals surface area contributed by atoms with Crippen LogP contribution >= 0.6 is 15.7 Å². The van der Waals surface area contributed by atoms with Gasteiger partial charge in [0.2, 0.25) is 0 Å². The van der Waals surface area contributed by atoms with E-state index in [1.54, 1.807) is 12.2 Å². The highest BCUT2D eigenvalue weighted by Gasteiger charge is 2.26. The molecule has 0 saturated heterocycles. The van der Waals surface area contributed by atoms with Gasteiger partial charge in [-0.15, -0.1) is 0 Å². The summed E-state index contributed by atoms with van der Waals surface area (Å²) in [5.41, 5.74) is 6.14. The molecule has 1 aromatic carbocycles. The smallest absolute Gasteiger partial charge is 0.358 e. The molecule has 0 spiro atoms. The molecule has 6 N–H and O–H groups in total. The lowest BCUT2D eigenvalue weighted by Crippen LogP contribution is -2.14. The number of carboxylic acids is 1. The normalized spacial score (nSPS) is 18.2. The van der Waals surface area contributed by atoms with E-state index in [-0.39, 0.29) is 16.3 Å². The van der Waals surface area contributed by atoms with E-state index in [1.165, 1.54) is 24.3 Å². The minimum absolute atomic E-state index is 0.164. The van der Waals surface area contributed by atoms with Crippen molar-refractivity contribution in [2.45, 2.75) is 0 Å². The second kappa shape index (κ2) is 6.00. The first-order valence-electron chi connectivity index (χ1n) is 5.89. The lowest BCUT2D eigenvalue weighted by atomic mass is 10.3. The third-order valence-electron chi connectivity index (χ3n) is 2.78. The van der Waals surface area contributed by atoms with Gasteiger partial charge in [-0.05, 0) is 24.3 Å². The number of hydrogen-bond donors (Lipinski definition) is 5. The van der Waals surface area contributed by atoms with Gasteiger partial charge >= 0.3 is 13.6 Å². The summed E-state index contributed by atoms with van der Waals surface area (Å²) < 4.78 is 11.5. The lowest BCUT2D eigenvalue weighted by Gasteiger charge is -2.23. The summed E-state index contributed by atoms with van der Waals surface area (Å²) >= 11 is 0. The summed E-state index contributed by atoms with van der Waals surface area (Å²) in [5.74, 6) is -1.06. The molecule has 0 amide bonds. The second-order valence-corrected chi connectivity index (χ2v) is 7.82. The van der Waals surface area contributed by atoms with Crippen molar-refractivity contribution in [3.63, 3.8) is 0 Å². The van der Waals surface area contributed by atoms with E-state index in [2.05, 4.69) is 5.09 Å². The van der Waals surface area contributed by atoms with Crippen LogP contribution < -0.4 is 16.1 Å². The third-order valence-corrected chi connectivity index (χ3v) is 5.80. The monoisotopic (exact) mass is 328 g/mol. The predicted molar refractivity (Wildman–Crippen MR) is 82.8 cm³/mol. The van der Waals surface area contributed by atoms with Gasteiger partial charge in [-0.3, -0.25) is 4.57 Å². The molecule has 1 aliphatic heterocycles. The summed E-state index contributed by atoms with van der Waals surface area (Å²) in [4.78, 5) is 29.9. The van der Waals surface area contributed by atoms with Gasteiger partial charge in [-0.25, -0.2) is 4.79 Å². The van der Waals surface area contributed by atoms with Crippen molar-refractivity contribution in [2.24, 2.45) is 0 Å². The van der Waals surface area contributed by atoms with Crippen molar-refractivity contribution in [2.75, 3.05) is 17.0 Å². The molecule has 1 unspecified atom stereocenters. The number of anilines is 2. The zero-order valence-electron chi connectivity index (χ0n) is 10.8. The van der Waals surface area contributed by atoms with Crippen molar-refractivity contribution in [3.8, 4) is 0 Å². The Morgan fingerprint density at radius 2 is 2.10 bits per heavy atom. The van der Waals surface area contributed by atoms with E-state index in [0.29, 0.717) is 11.8 Å². The number of rotatable bonds is 4. The first kappa shape index (κ1) is 15.7. The van der Waals surface area contributed by atoms with Crippen LogP contribution in [0.4, 0.5) is 11.4 Å². The quantitative estimate of drug-likeness (QED) is 0.417. The molecule has 0 fully saturated rings. The van der Waals surface area contributed by atoms with Gasteiger partial charge < -0.3 is 25.7 Å². The van der Waals surface area contributed by atoms with Crippen LogP contribution in [0.15, 0.2) is 41.7 Å². The lowest BCUT2D eigenvalue weighted by molar-refractivity contribution is -0.131. The highest BCUT2D eigenvalue weighted by molar-refractivity contribution is 7.65. The number of allylic oxidation sites excluding steroid dienone is 3. The molecular formula is C12H14N2O5P2. The maximum absolute atomic E-state index is 11.5. The summed E-state index contributed by atoms with van der Waals surface area (Å²) in [6.07, 6.45) is 5.39. The zero-order chi connectivity index (χ0) is 15.6. The van der Waals surface area contributed by atoms with Gasteiger partial charge in [-0.1, -0.05) is 12.2 Å². The Hall–Kier alpha value is -1.65. The number of carboxylic acid groups (broad SMARTS) is 1. The highest BCUT2D eigenvalue weighted by Crippen LogP contribution is 2.48. The van der Waals surface area contributed by atoms with Crippen LogP contribution in [-0.2, 0) is 9.36 Å². The fourth-order valence-corrected chi connectivity index (χ4v) is 4.35. The van der Waals surface area contributed by atoms with E-state index < -0.39 is 21.6 Å². The van der Waals surface area contributed by atoms with Crippen LogP contribution in [-0.4, -0.2) is 27.0 Å².